The minimum atomic E-state index is -0.151. The Hall–Kier alpha value is -3.63. The van der Waals surface area contributed by atoms with Gasteiger partial charge in [-0.2, -0.15) is 5.69 Å². The van der Waals surface area contributed by atoms with Gasteiger partial charge in [0.25, 0.3) is 0 Å². The summed E-state index contributed by atoms with van der Waals surface area (Å²) in [4.78, 5) is 4.54. The number of ether oxygens (including phenoxy) is 1. The largest absolute Gasteiger partial charge is 3.00 e. The number of nitrogens with zero attached hydrogens (tertiary/aromatic N) is 2. The van der Waals surface area contributed by atoms with E-state index in [-0.39, 0.29) is 33.2 Å². The summed E-state index contributed by atoms with van der Waals surface area (Å²) in [5.41, 5.74) is 9.18. The van der Waals surface area contributed by atoms with Crippen LogP contribution in [-0.2, 0) is 33.2 Å². The van der Waals surface area contributed by atoms with Gasteiger partial charge in [0.15, 0.2) is 0 Å². The maximum Gasteiger partial charge on any atom is 3.00 e. The van der Waals surface area contributed by atoms with E-state index in [2.05, 4.69) is 106 Å². The first-order valence-electron chi connectivity index (χ1n) is 13.3. The second-order valence-corrected chi connectivity index (χ2v) is 11.6. The van der Waals surface area contributed by atoms with E-state index in [4.69, 9.17) is 10.1 Å². The number of para-hydroxylation sites is 2. The minimum Gasteiger partial charge on any atom is -0.665 e. The Morgan fingerprint density at radius 1 is 0.750 bits per heavy atom. The molecule has 1 aromatic heterocycles. The molecule has 6 rings (SSSR count). The Morgan fingerprint density at radius 2 is 1.48 bits per heavy atom. The number of hydrogen-bond acceptors (Lipinski definition) is 2. The molecule has 4 aromatic carbocycles. The van der Waals surface area contributed by atoms with E-state index < -0.39 is 0 Å². The Balaban J connectivity index is 0.00000323. The molecule has 202 valence electrons. The maximum atomic E-state index is 6.41. The molecule has 5 aromatic rings. The molecule has 0 radical (unpaired) electrons. The fourth-order valence-corrected chi connectivity index (χ4v) is 5.23. The van der Waals surface area contributed by atoms with Crippen LogP contribution >= 0.6 is 0 Å². The van der Waals surface area contributed by atoms with Crippen molar-refractivity contribution < 1.29 is 27.1 Å². The molecule has 0 saturated heterocycles. The first-order valence-corrected chi connectivity index (χ1v) is 13.3. The molecule has 0 fully saturated rings. The summed E-state index contributed by atoms with van der Waals surface area (Å²) in [6.45, 7) is 11.1. The number of pyridine rings is 1. The van der Waals surface area contributed by atoms with E-state index in [1.165, 1.54) is 11.1 Å². The van der Waals surface area contributed by atoms with Crippen molar-refractivity contribution >= 4 is 11.4 Å². The van der Waals surface area contributed by atoms with Gasteiger partial charge in [-0.1, -0.05) is 119 Å². The second-order valence-electron chi connectivity index (χ2n) is 11.6. The van der Waals surface area contributed by atoms with Crippen LogP contribution in [0.15, 0.2) is 97.2 Å². The van der Waals surface area contributed by atoms with Crippen molar-refractivity contribution in [3.05, 3.63) is 131 Å². The van der Waals surface area contributed by atoms with Crippen LogP contribution in [0.3, 0.4) is 0 Å². The molecule has 0 bridgehead atoms. The molecular weight excluding hydrogens is 673 g/mol. The molecule has 0 saturated carbocycles. The summed E-state index contributed by atoms with van der Waals surface area (Å²) in [5.74, 6) is 1.28. The molecule has 0 atom stereocenters. The predicted molar refractivity (Wildman–Crippen MR) is 159 cm³/mol. The summed E-state index contributed by atoms with van der Waals surface area (Å²) >= 11 is 0. The first-order chi connectivity index (χ1) is 18.7. The molecule has 1 aliphatic heterocycles. The average molecular weight is 705 g/mol. The summed E-state index contributed by atoms with van der Waals surface area (Å²) in [5, 5.41) is 5.10. The summed E-state index contributed by atoms with van der Waals surface area (Å²) in [6, 6.07) is 37.9. The topological polar surface area (TPSA) is 36.2 Å². The van der Waals surface area contributed by atoms with Gasteiger partial charge in [-0.3, -0.25) is 0 Å². The number of benzene rings is 4. The van der Waals surface area contributed by atoms with Crippen LogP contribution in [0.1, 0.15) is 51.3 Å². The quantitative estimate of drug-likeness (QED) is 0.138. The third-order valence-electron chi connectivity index (χ3n) is 7.45. The SMILES string of the molecule is CC(C)(C)c1cc(Oc2[c-]c(-c3cccc4c3[N-]c3ccccc3C4(C)C)ccc2)[c-]c(-c2ccccn2)c1.[Au+3]. The van der Waals surface area contributed by atoms with E-state index in [0.29, 0.717) is 11.5 Å². The van der Waals surface area contributed by atoms with Gasteiger partial charge < -0.3 is 15.0 Å². The van der Waals surface area contributed by atoms with E-state index in [0.717, 1.165) is 39.3 Å². The number of fused-ring (bicyclic) bond motifs is 2. The van der Waals surface area contributed by atoms with Crippen molar-refractivity contribution in [3.63, 3.8) is 0 Å². The van der Waals surface area contributed by atoms with E-state index in [1.54, 1.807) is 6.20 Å². The third kappa shape index (κ3) is 5.25. The van der Waals surface area contributed by atoms with E-state index in [9.17, 15) is 0 Å². The van der Waals surface area contributed by atoms with Gasteiger partial charge in [0.2, 0.25) is 0 Å². The van der Waals surface area contributed by atoms with Gasteiger partial charge in [-0.05, 0) is 17.2 Å². The van der Waals surface area contributed by atoms with E-state index in [1.807, 2.05) is 36.4 Å². The molecule has 1 aliphatic rings. The maximum absolute atomic E-state index is 6.41. The fourth-order valence-electron chi connectivity index (χ4n) is 5.23. The van der Waals surface area contributed by atoms with Crippen LogP contribution in [0.2, 0.25) is 0 Å². The monoisotopic (exact) mass is 704 g/mol. The zero-order valence-corrected chi connectivity index (χ0v) is 25.5. The van der Waals surface area contributed by atoms with E-state index >= 15 is 0 Å². The minimum absolute atomic E-state index is 0. The van der Waals surface area contributed by atoms with Crippen molar-refractivity contribution in [2.24, 2.45) is 0 Å². The zero-order valence-electron chi connectivity index (χ0n) is 23.3. The van der Waals surface area contributed by atoms with Crippen LogP contribution in [0.4, 0.5) is 11.4 Å². The Morgan fingerprint density at radius 3 is 2.25 bits per heavy atom. The van der Waals surface area contributed by atoms with Gasteiger partial charge in [-0.25, -0.2) is 0 Å². The third-order valence-corrected chi connectivity index (χ3v) is 7.45. The van der Waals surface area contributed by atoms with Gasteiger partial charge in [0.05, 0.1) is 0 Å². The fraction of sp³-hybridized carbons (Fsp3) is 0.194. The summed E-state index contributed by atoms with van der Waals surface area (Å²) in [7, 11) is 0. The normalized spacial score (nSPS) is 13.3. The van der Waals surface area contributed by atoms with Crippen molar-refractivity contribution in [1.29, 1.82) is 0 Å². The zero-order chi connectivity index (χ0) is 27.2. The summed E-state index contributed by atoms with van der Waals surface area (Å²) in [6.07, 6.45) is 1.80. The molecule has 0 unspecified atom stereocenters. The van der Waals surface area contributed by atoms with Crippen LogP contribution < -0.4 is 4.74 Å². The number of hydrogen-bond donors (Lipinski definition) is 0. The van der Waals surface area contributed by atoms with Crippen LogP contribution in [0, 0.1) is 12.1 Å². The Kier molecular flexibility index (Phi) is 7.50. The average Bonchev–Trinajstić information content (AvgIpc) is 2.93. The number of rotatable bonds is 4. The molecule has 4 heteroatoms. The van der Waals surface area contributed by atoms with Crippen molar-refractivity contribution in [3.8, 4) is 33.9 Å². The van der Waals surface area contributed by atoms with Gasteiger partial charge in [0, 0.05) is 23.1 Å². The summed E-state index contributed by atoms with van der Waals surface area (Å²) < 4.78 is 6.41. The molecule has 40 heavy (non-hydrogen) atoms. The standard InChI is InChI=1S/C36H31N2O.Au/c1-35(2,3)26-20-25(32-17-8-9-19-37-32)22-28(23-26)39-27-13-10-12-24(21-27)29-14-11-16-31-34(29)38-33-18-7-6-15-30(33)36(31,4)5;/h6-20,23H,1-5H3;/q-3;+3. The van der Waals surface area contributed by atoms with Crippen molar-refractivity contribution in [2.45, 2.75) is 45.4 Å². The molecule has 3 nitrogen and oxygen atoms in total. The smallest absolute Gasteiger partial charge is 0.665 e. The van der Waals surface area contributed by atoms with Gasteiger partial charge >= 0.3 is 22.4 Å². The van der Waals surface area contributed by atoms with Crippen LogP contribution in [0.25, 0.3) is 27.7 Å². The van der Waals surface area contributed by atoms with Crippen molar-refractivity contribution in [1.82, 2.24) is 4.98 Å². The van der Waals surface area contributed by atoms with Gasteiger partial charge in [-0.15, -0.1) is 52.2 Å². The second kappa shape index (κ2) is 10.7. The molecule has 0 amide bonds. The molecule has 2 heterocycles. The number of aromatic nitrogens is 1. The molecule has 0 spiro atoms. The van der Waals surface area contributed by atoms with Crippen LogP contribution in [0.5, 0.6) is 11.5 Å². The van der Waals surface area contributed by atoms with Crippen molar-refractivity contribution in [2.75, 3.05) is 0 Å². The molecule has 0 aliphatic carbocycles. The van der Waals surface area contributed by atoms with Crippen LogP contribution in [-0.4, -0.2) is 4.98 Å². The first kappa shape index (κ1) is 27.9. The Bertz CT molecular complexity index is 1670. The molecule has 0 N–H and O–H groups in total. The molecular formula is C36H31AuN2O. The Labute approximate surface area is 253 Å². The predicted octanol–water partition coefficient (Wildman–Crippen LogP) is 10.1. The van der Waals surface area contributed by atoms with Gasteiger partial charge in [0.1, 0.15) is 0 Å².